The molecule has 0 heterocycles. The highest BCUT2D eigenvalue weighted by Gasteiger charge is 2.24. The van der Waals surface area contributed by atoms with Crippen LogP contribution in [0.4, 0.5) is 0 Å². The van der Waals surface area contributed by atoms with Gasteiger partial charge in [-0.3, -0.25) is 4.18 Å². The molecule has 1 rings (SSSR count). The van der Waals surface area contributed by atoms with Crippen LogP contribution < -0.4 is 5.14 Å². The fraction of sp³-hybridized carbons (Fsp3) is 0.333. The predicted octanol–water partition coefficient (Wildman–Crippen LogP) is 0.688. The maximum absolute atomic E-state index is 10.7. The Morgan fingerprint density at radius 3 is 2.59 bits per heavy atom. The van der Waals surface area contributed by atoms with Gasteiger partial charge in [-0.15, -0.1) is 0 Å². The van der Waals surface area contributed by atoms with E-state index >= 15 is 0 Å². The van der Waals surface area contributed by atoms with Crippen molar-refractivity contribution in [2.24, 2.45) is 5.14 Å². The van der Waals surface area contributed by atoms with Crippen LogP contribution in [0.15, 0.2) is 18.2 Å². The van der Waals surface area contributed by atoms with Gasteiger partial charge in [0.05, 0.1) is 0 Å². The van der Waals surface area contributed by atoms with Crippen LogP contribution >= 0.6 is 11.6 Å². The first-order valence-electron chi connectivity index (χ1n) is 4.58. The topological polar surface area (TPSA) is 110 Å². The first-order valence-corrected chi connectivity index (χ1v) is 6.43. The number of benzene rings is 1. The van der Waals surface area contributed by atoms with Crippen molar-refractivity contribution in [1.82, 2.24) is 0 Å². The number of hydrogen-bond donors (Lipinski definition) is 3. The average Bonchev–Trinajstić information content (AvgIpc) is 2.18. The van der Waals surface area contributed by atoms with E-state index in [-0.39, 0.29) is 11.3 Å². The lowest BCUT2D eigenvalue weighted by Gasteiger charge is -2.19. The largest absolute Gasteiger partial charge is 0.508 e. The second-order valence-corrected chi connectivity index (χ2v) is 5.06. The lowest BCUT2D eigenvalue weighted by molar-refractivity contribution is 0.0491. The third-order valence-corrected chi connectivity index (χ3v) is 2.85. The van der Waals surface area contributed by atoms with Gasteiger partial charge >= 0.3 is 10.3 Å². The molecule has 2 unspecified atom stereocenters. The van der Waals surface area contributed by atoms with E-state index in [4.69, 9.17) is 11.6 Å². The zero-order valence-corrected chi connectivity index (χ0v) is 10.4. The van der Waals surface area contributed by atoms with Crippen LogP contribution in [0.1, 0.15) is 18.6 Å². The smallest absolute Gasteiger partial charge is 0.333 e. The van der Waals surface area contributed by atoms with Crippen molar-refractivity contribution in [3.8, 4) is 5.75 Å². The number of phenolic OH excluding ortho intramolecular Hbond substituents is 1. The van der Waals surface area contributed by atoms with Gasteiger partial charge in [0.15, 0.2) is 0 Å². The maximum Gasteiger partial charge on any atom is 0.333 e. The number of rotatable bonds is 4. The predicted molar refractivity (Wildman–Crippen MR) is 61.7 cm³/mol. The minimum atomic E-state index is -4.17. The first-order chi connectivity index (χ1) is 7.70. The molecule has 8 heteroatoms. The molecule has 0 aromatic heterocycles. The highest BCUT2D eigenvalue weighted by Crippen LogP contribution is 2.30. The second-order valence-electron chi connectivity index (χ2n) is 3.44. The molecule has 1 aromatic carbocycles. The highest BCUT2D eigenvalue weighted by molar-refractivity contribution is 7.84. The number of aromatic hydroxyl groups is 1. The lowest BCUT2D eigenvalue weighted by atomic mass is 10.0. The number of aliphatic hydroxyl groups is 1. The van der Waals surface area contributed by atoms with Gasteiger partial charge in [-0.25, -0.2) is 5.14 Å². The van der Waals surface area contributed by atoms with Crippen molar-refractivity contribution in [1.29, 1.82) is 0 Å². The Labute approximate surface area is 104 Å². The molecule has 0 spiro atoms. The summed E-state index contributed by atoms with van der Waals surface area (Å²) in [5.41, 5.74) is 0.0636. The zero-order valence-electron chi connectivity index (χ0n) is 8.87. The van der Waals surface area contributed by atoms with Gasteiger partial charge in [0.25, 0.3) is 0 Å². The Morgan fingerprint density at radius 2 is 2.06 bits per heavy atom. The van der Waals surface area contributed by atoms with Crippen molar-refractivity contribution in [3.05, 3.63) is 28.8 Å². The Balaban J connectivity index is 2.96. The van der Waals surface area contributed by atoms with E-state index in [1.807, 2.05) is 0 Å². The van der Waals surface area contributed by atoms with Gasteiger partial charge in [0.2, 0.25) is 0 Å². The van der Waals surface area contributed by atoms with Gasteiger partial charge in [0, 0.05) is 10.6 Å². The summed E-state index contributed by atoms with van der Waals surface area (Å²) in [4.78, 5) is 0. The van der Waals surface area contributed by atoms with Crippen molar-refractivity contribution in [2.45, 2.75) is 19.1 Å². The van der Waals surface area contributed by atoms with Gasteiger partial charge in [-0.2, -0.15) is 8.42 Å². The summed E-state index contributed by atoms with van der Waals surface area (Å²) in [5.74, 6) is -0.216. The molecule has 1 aromatic rings. The minimum Gasteiger partial charge on any atom is -0.508 e. The number of aliphatic hydroxyl groups excluding tert-OH is 1. The summed E-state index contributed by atoms with van der Waals surface area (Å²) in [5, 5.41) is 24.3. The number of hydrogen-bond acceptors (Lipinski definition) is 5. The molecular weight excluding hydrogens is 270 g/mol. The molecule has 0 radical (unpaired) electrons. The monoisotopic (exact) mass is 281 g/mol. The molecule has 0 amide bonds. The van der Waals surface area contributed by atoms with E-state index < -0.39 is 22.5 Å². The van der Waals surface area contributed by atoms with Crippen LogP contribution in [0, 0.1) is 0 Å². The molecule has 0 aliphatic rings. The molecule has 0 aliphatic carbocycles. The molecule has 2 atom stereocenters. The minimum absolute atomic E-state index is 0.0636. The number of halogens is 1. The summed E-state index contributed by atoms with van der Waals surface area (Å²) >= 11 is 5.69. The molecule has 0 saturated carbocycles. The summed E-state index contributed by atoms with van der Waals surface area (Å²) < 4.78 is 25.8. The molecule has 96 valence electrons. The van der Waals surface area contributed by atoms with E-state index in [0.29, 0.717) is 5.02 Å². The van der Waals surface area contributed by atoms with Gasteiger partial charge in [-0.1, -0.05) is 11.6 Å². The quantitative estimate of drug-likeness (QED) is 0.752. The SMILES string of the molecule is CC(OS(N)(=O)=O)C(O)c1cc(Cl)ccc1O. The van der Waals surface area contributed by atoms with Crippen LogP contribution in [0.3, 0.4) is 0 Å². The zero-order chi connectivity index (χ0) is 13.2. The summed E-state index contributed by atoms with van der Waals surface area (Å²) in [6.07, 6.45) is -2.51. The Kier molecular flexibility index (Phi) is 4.34. The molecular formula is C9H12ClNO5S. The van der Waals surface area contributed by atoms with Gasteiger partial charge in [0.1, 0.15) is 18.0 Å². The highest BCUT2D eigenvalue weighted by atomic mass is 35.5. The summed E-state index contributed by atoms with van der Waals surface area (Å²) in [6, 6.07) is 4.02. The van der Waals surface area contributed by atoms with Gasteiger partial charge < -0.3 is 10.2 Å². The van der Waals surface area contributed by atoms with Crippen molar-refractivity contribution < 1.29 is 22.8 Å². The van der Waals surface area contributed by atoms with Gasteiger partial charge in [-0.05, 0) is 25.1 Å². The Bertz CT molecular complexity index is 504. The summed E-state index contributed by atoms with van der Waals surface area (Å²) in [6.45, 7) is 1.30. The van der Waals surface area contributed by atoms with E-state index in [2.05, 4.69) is 9.32 Å². The molecule has 0 bridgehead atoms. The van der Waals surface area contributed by atoms with E-state index in [1.54, 1.807) is 0 Å². The second kappa shape index (κ2) is 5.19. The average molecular weight is 282 g/mol. The van der Waals surface area contributed by atoms with Crippen LogP contribution in [-0.4, -0.2) is 24.7 Å². The van der Waals surface area contributed by atoms with Crippen molar-refractivity contribution >= 4 is 21.9 Å². The molecule has 4 N–H and O–H groups in total. The van der Waals surface area contributed by atoms with E-state index in [1.165, 1.54) is 25.1 Å². The molecule has 0 fully saturated rings. The number of phenols is 1. The van der Waals surface area contributed by atoms with Crippen LogP contribution in [0.5, 0.6) is 5.75 Å². The molecule has 0 aliphatic heterocycles. The standard InChI is InChI=1S/C9H12ClNO5S/c1-5(16-17(11,14)15)9(13)7-4-6(10)2-3-8(7)12/h2-5,9,12-13H,1H3,(H2,11,14,15). The van der Waals surface area contributed by atoms with Crippen molar-refractivity contribution in [3.63, 3.8) is 0 Å². The fourth-order valence-electron chi connectivity index (χ4n) is 1.28. The van der Waals surface area contributed by atoms with Crippen LogP contribution in [0.25, 0.3) is 0 Å². The van der Waals surface area contributed by atoms with E-state index in [0.717, 1.165) is 0 Å². The third kappa shape index (κ3) is 4.14. The van der Waals surface area contributed by atoms with Crippen molar-refractivity contribution in [2.75, 3.05) is 0 Å². The molecule has 0 saturated heterocycles. The molecule has 6 nitrogen and oxygen atoms in total. The third-order valence-electron chi connectivity index (χ3n) is 2.04. The van der Waals surface area contributed by atoms with Crippen LogP contribution in [0.2, 0.25) is 5.02 Å². The molecule has 17 heavy (non-hydrogen) atoms. The summed E-state index contributed by atoms with van der Waals surface area (Å²) in [7, 11) is -4.17. The van der Waals surface area contributed by atoms with E-state index in [9.17, 15) is 18.6 Å². The fourth-order valence-corrected chi connectivity index (χ4v) is 1.99. The normalized spacial score (nSPS) is 15.5. The van der Waals surface area contributed by atoms with Crippen LogP contribution in [-0.2, 0) is 14.5 Å². The Hall–Kier alpha value is -0.860. The number of nitrogens with two attached hydrogens (primary N) is 1. The Morgan fingerprint density at radius 1 is 1.47 bits per heavy atom. The first kappa shape index (κ1) is 14.2. The maximum atomic E-state index is 10.7. The lowest BCUT2D eigenvalue weighted by Crippen LogP contribution is -2.26.